The van der Waals surface area contributed by atoms with Crippen molar-refractivity contribution in [1.29, 1.82) is 0 Å². The quantitative estimate of drug-likeness (QED) is 0.821. The van der Waals surface area contributed by atoms with Crippen molar-refractivity contribution in [3.05, 3.63) is 47.3 Å². The summed E-state index contributed by atoms with van der Waals surface area (Å²) in [6, 6.07) is 15.0. The Hall–Kier alpha value is -1.12. The number of hydrogen-bond donors (Lipinski definition) is 1. The number of nitrogens with one attached hydrogen (secondary N) is 1. The lowest BCUT2D eigenvalue weighted by atomic mass is 10.0. The molecule has 0 aliphatic heterocycles. The Morgan fingerprint density at radius 3 is 2.44 bits per heavy atom. The highest BCUT2D eigenvalue weighted by atomic mass is 32.1. The van der Waals surface area contributed by atoms with Gasteiger partial charge in [-0.1, -0.05) is 37.3 Å². The molecule has 0 spiro atoms. The fourth-order valence-corrected chi connectivity index (χ4v) is 2.63. The van der Waals surface area contributed by atoms with Crippen LogP contribution in [0.5, 0.6) is 0 Å². The number of thiophene rings is 1. The van der Waals surface area contributed by atoms with E-state index < -0.39 is 0 Å². The molecule has 1 heterocycles. The Morgan fingerprint density at radius 1 is 1.06 bits per heavy atom. The molecule has 1 nitrogen and oxygen atoms in total. The molecule has 2 heteroatoms. The first-order chi connectivity index (χ1) is 8.61. The van der Waals surface area contributed by atoms with E-state index in [0.29, 0.717) is 0 Å². The zero-order chi connectivity index (χ0) is 13.0. The molecule has 2 aromatic rings. The average molecular weight is 259 g/mol. The minimum atomic E-state index is 0.219. The molecule has 0 aliphatic rings. The first-order valence-corrected chi connectivity index (χ1v) is 7.31. The van der Waals surface area contributed by atoms with Gasteiger partial charge in [-0.25, -0.2) is 0 Å². The van der Waals surface area contributed by atoms with Gasteiger partial charge in [0.15, 0.2) is 0 Å². The molecule has 2 rings (SSSR count). The van der Waals surface area contributed by atoms with Crippen molar-refractivity contribution >= 4 is 11.3 Å². The summed E-state index contributed by atoms with van der Waals surface area (Å²) in [5.41, 5.74) is 1.53. The predicted molar refractivity (Wildman–Crippen MR) is 81.0 cm³/mol. The van der Waals surface area contributed by atoms with Crippen LogP contribution in [0.4, 0.5) is 0 Å². The molecule has 0 fully saturated rings. The molecule has 0 saturated heterocycles. The summed E-state index contributed by atoms with van der Waals surface area (Å²) < 4.78 is 0. The fraction of sp³-hybridized carbons (Fsp3) is 0.375. The summed E-state index contributed by atoms with van der Waals surface area (Å²) in [6.45, 7) is 7.67. The van der Waals surface area contributed by atoms with Crippen molar-refractivity contribution in [2.75, 3.05) is 0 Å². The van der Waals surface area contributed by atoms with Crippen LogP contribution in [0.3, 0.4) is 0 Å². The minimum Gasteiger partial charge on any atom is -0.307 e. The van der Waals surface area contributed by atoms with E-state index in [1.54, 1.807) is 0 Å². The molecule has 0 bridgehead atoms. The Labute approximate surface area is 114 Å². The van der Waals surface area contributed by atoms with Gasteiger partial charge < -0.3 is 5.32 Å². The third-order valence-corrected chi connectivity index (χ3v) is 4.48. The molecule has 0 radical (unpaired) electrons. The monoisotopic (exact) mass is 259 g/mol. The standard InChI is InChI=1S/C16H21NS/c1-4-16(2,3)17-12-14-10-11-15(18-14)13-8-6-5-7-9-13/h5-11,17H,4,12H2,1-3H3. The molecule has 0 unspecified atom stereocenters. The lowest BCUT2D eigenvalue weighted by molar-refractivity contribution is 0.376. The van der Waals surface area contributed by atoms with E-state index in [9.17, 15) is 0 Å². The maximum atomic E-state index is 3.60. The van der Waals surface area contributed by atoms with Crippen molar-refractivity contribution in [2.24, 2.45) is 0 Å². The van der Waals surface area contributed by atoms with Gasteiger partial charge in [0.05, 0.1) is 0 Å². The highest BCUT2D eigenvalue weighted by molar-refractivity contribution is 7.15. The molecule has 0 saturated carbocycles. The van der Waals surface area contributed by atoms with Crippen LogP contribution in [0.25, 0.3) is 10.4 Å². The normalized spacial score (nSPS) is 11.7. The summed E-state index contributed by atoms with van der Waals surface area (Å²) in [6.07, 6.45) is 1.14. The van der Waals surface area contributed by atoms with E-state index in [1.165, 1.54) is 15.3 Å². The second-order valence-corrected chi connectivity index (χ2v) is 6.39. The summed E-state index contributed by atoms with van der Waals surface area (Å²) in [4.78, 5) is 2.75. The van der Waals surface area contributed by atoms with Crippen molar-refractivity contribution in [2.45, 2.75) is 39.3 Å². The van der Waals surface area contributed by atoms with E-state index in [0.717, 1.165) is 13.0 Å². The Kier molecular flexibility index (Phi) is 4.20. The summed E-state index contributed by atoms with van der Waals surface area (Å²) in [5, 5.41) is 3.60. The van der Waals surface area contributed by atoms with Crippen LogP contribution < -0.4 is 5.32 Å². The van der Waals surface area contributed by atoms with Crippen LogP contribution in [-0.2, 0) is 6.54 Å². The maximum Gasteiger partial charge on any atom is 0.0346 e. The second-order valence-electron chi connectivity index (χ2n) is 5.22. The number of benzene rings is 1. The zero-order valence-electron chi connectivity index (χ0n) is 11.4. The van der Waals surface area contributed by atoms with E-state index in [1.807, 2.05) is 11.3 Å². The maximum absolute atomic E-state index is 3.60. The number of hydrogen-bond acceptors (Lipinski definition) is 2. The first-order valence-electron chi connectivity index (χ1n) is 6.50. The predicted octanol–water partition coefficient (Wildman–Crippen LogP) is 4.69. The van der Waals surface area contributed by atoms with E-state index in [4.69, 9.17) is 0 Å². The number of rotatable bonds is 5. The van der Waals surface area contributed by atoms with Crippen molar-refractivity contribution in [3.63, 3.8) is 0 Å². The van der Waals surface area contributed by atoms with Crippen LogP contribution in [0.2, 0.25) is 0 Å². The first kappa shape index (κ1) is 13.3. The van der Waals surface area contributed by atoms with Crippen LogP contribution in [-0.4, -0.2) is 5.54 Å². The molecule has 1 N–H and O–H groups in total. The summed E-state index contributed by atoms with van der Waals surface area (Å²) in [5.74, 6) is 0. The molecule has 0 aliphatic carbocycles. The summed E-state index contributed by atoms with van der Waals surface area (Å²) in [7, 11) is 0. The molecule has 0 atom stereocenters. The second kappa shape index (κ2) is 5.68. The van der Waals surface area contributed by atoms with Gasteiger partial charge >= 0.3 is 0 Å². The lowest BCUT2D eigenvalue weighted by Gasteiger charge is -2.24. The highest BCUT2D eigenvalue weighted by Gasteiger charge is 2.13. The van der Waals surface area contributed by atoms with Gasteiger partial charge in [-0.3, -0.25) is 0 Å². The Balaban J connectivity index is 2.03. The van der Waals surface area contributed by atoms with Gasteiger partial charge in [-0.05, 0) is 38.0 Å². The third-order valence-electron chi connectivity index (χ3n) is 3.35. The van der Waals surface area contributed by atoms with Crippen LogP contribution >= 0.6 is 11.3 Å². The molecular weight excluding hydrogens is 238 g/mol. The van der Waals surface area contributed by atoms with Gasteiger partial charge in [-0.2, -0.15) is 0 Å². The summed E-state index contributed by atoms with van der Waals surface area (Å²) >= 11 is 1.87. The van der Waals surface area contributed by atoms with Crippen LogP contribution in [0.15, 0.2) is 42.5 Å². The average Bonchev–Trinajstić information content (AvgIpc) is 2.86. The van der Waals surface area contributed by atoms with Gasteiger partial charge in [0, 0.05) is 21.8 Å². The SMILES string of the molecule is CCC(C)(C)NCc1ccc(-c2ccccc2)s1. The smallest absolute Gasteiger partial charge is 0.0346 e. The lowest BCUT2D eigenvalue weighted by Crippen LogP contribution is -2.37. The van der Waals surface area contributed by atoms with E-state index in [2.05, 4.69) is 68.6 Å². The Bertz CT molecular complexity index is 485. The molecule has 18 heavy (non-hydrogen) atoms. The highest BCUT2D eigenvalue weighted by Crippen LogP contribution is 2.28. The fourth-order valence-electron chi connectivity index (χ4n) is 1.68. The van der Waals surface area contributed by atoms with Gasteiger partial charge in [0.25, 0.3) is 0 Å². The van der Waals surface area contributed by atoms with Gasteiger partial charge in [-0.15, -0.1) is 11.3 Å². The van der Waals surface area contributed by atoms with E-state index in [-0.39, 0.29) is 5.54 Å². The molecule has 0 amide bonds. The molecule has 1 aromatic carbocycles. The van der Waals surface area contributed by atoms with Crippen molar-refractivity contribution < 1.29 is 0 Å². The largest absolute Gasteiger partial charge is 0.307 e. The molecule has 96 valence electrons. The van der Waals surface area contributed by atoms with Crippen LogP contribution in [0, 0.1) is 0 Å². The Morgan fingerprint density at radius 2 is 1.78 bits per heavy atom. The van der Waals surface area contributed by atoms with E-state index >= 15 is 0 Å². The molecule has 1 aromatic heterocycles. The molecular formula is C16H21NS. The zero-order valence-corrected chi connectivity index (χ0v) is 12.2. The third kappa shape index (κ3) is 3.44. The van der Waals surface area contributed by atoms with Crippen molar-refractivity contribution in [1.82, 2.24) is 5.32 Å². The minimum absolute atomic E-state index is 0.219. The van der Waals surface area contributed by atoms with Gasteiger partial charge in [0.2, 0.25) is 0 Å². The van der Waals surface area contributed by atoms with Crippen LogP contribution in [0.1, 0.15) is 32.1 Å². The van der Waals surface area contributed by atoms with Gasteiger partial charge in [0.1, 0.15) is 0 Å². The topological polar surface area (TPSA) is 12.0 Å². The van der Waals surface area contributed by atoms with Crippen molar-refractivity contribution in [3.8, 4) is 10.4 Å².